The maximum atomic E-state index is 13.9. The molecule has 8 heteroatoms. The second-order valence-corrected chi connectivity index (χ2v) is 11.6. The van der Waals surface area contributed by atoms with Crippen molar-refractivity contribution in [1.29, 1.82) is 0 Å². The van der Waals surface area contributed by atoms with Crippen LogP contribution in [0.15, 0.2) is 30.3 Å². The third-order valence-electron chi connectivity index (χ3n) is 6.37. The van der Waals surface area contributed by atoms with Crippen LogP contribution in [0.2, 0.25) is 0 Å². The molecule has 0 aliphatic rings. The van der Waals surface area contributed by atoms with Crippen LogP contribution in [0.1, 0.15) is 67.9 Å². The summed E-state index contributed by atoms with van der Waals surface area (Å²) in [6.07, 6.45) is 0.108. The number of nitrogens with zero attached hydrogens (tertiary/aromatic N) is 2. The molecular formula is C28H45N3O5. The molecule has 0 spiro atoms. The number of hydrogen-bond acceptors (Lipinski definition) is 5. The Morgan fingerprint density at radius 3 is 1.83 bits per heavy atom. The Morgan fingerprint density at radius 1 is 0.889 bits per heavy atom. The largest absolute Gasteiger partial charge is 0.444 e. The minimum absolute atomic E-state index is 0.0805. The number of carbonyl (C=O) groups is 4. The molecular weight excluding hydrogens is 458 g/mol. The summed E-state index contributed by atoms with van der Waals surface area (Å²) < 4.78 is 5.57. The smallest absolute Gasteiger partial charge is 0.410 e. The Morgan fingerprint density at radius 2 is 1.42 bits per heavy atom. The average molecular weight is 504 g/mol. The molecule has 0 heterocycles. The molecule has 36 heavy (non-hydrogen) atoms. The summed E-state index contributed by atoms with van der Waals surface area (Å²) in [5, 5.41) is 2.89. The van der Waals surface area contributed by atoms with Gasteiger partial charge in [0, 0.05) is 19.5 Å². The molecule has 1 rings (SSSR count). The molecule has 3 amide bonds. The van der Waals surface area contributed by atoms with Crippen LogP contribution >= 0.6 is 0 Å². The lowest BCUT2D eigenvalue weighted by Gasteiger charge is -2.41. The lowest BCUT2D eigenvalue weighted by atomic mass is 9.76. The van der Waals surface area contributed by atoms with E-state index in [0.29, 0.717) is 0 Å². The predicted molar refractivity (Wildman–Crippen MR) is 141 cm³/mol. The van der Waals surface area contributed by atoms with Gasteiger partial charge in [-0.05, 0) is 38.2 Å². The molecule has 0 saturated heterocycles. The van der Waals surface area contributed by atoms with E-state index in [0.717, 1.165) is 11.8 Å². The summed E-state index contributed by atoms with van der Waals surface area (Å²) >= 11 is 0. The average Bonchev–Trinajstić information content (AvgIpc) is 2.76. The molecule has 0 aliphatic heterocycles. The van der Waals surface area contributed by atoms with E-state index < -0.39 is 41.1 Å². The number of benzene rings is 1. The van der Waals surface area contributed by atoms with Crippen LogP contribution in [-0.2, 0) is 24.5 Å². The molecule has 1 aromatic carbocycles. The zero-order chi connectivity index (χ0) is 28.0. The topological polar surface area (TPSA) is 96.0 Å². The zero-order valence-corrected chi connectivity index (χ0v) is 23.8. The molecule has 3 atom stereocenters. The van der Waals surface area contributed by atoms with Gasteiger partial charge in [-0.2, -0.15) is 0 Å². The Kier molecular flexibility index (Phi) is 10.7. The van der Waals surface area contributed by atoms with Crippen LogP contribution in [0.5, 0.6) is 0 Å². The fourth-order valence-electron chi connectivity index (χ4n) is 4.26. The minimum Gasteiger partial charge on any atom is -0.444 e. The van der Waals surface area contributed by atoms with Crippen molar-refractivity contribution in [3.8, 4) is 0 Å². The van der Waals surface area contributed by atoms with Gasteiger partial charge < -0.3 is 19.7 Å². The highest BCUT2D eigenvalue weighted by atomic mass is 16.6. The molecule has 0 bridgehead atoms. The van der Waals surface area contributed by atoms with Crippen molar-refractivity contribution in [3.05, 3.63) is 35.9 Å². The molecule has 0 fully saturated rings. The Bertz CT molecular complexity index is 906. The van der Waals surface area contributed by atoms with Crippen molar-refractivity contribution in [2.24, 2.45) is 11.8 Å². The summed E-state index contributed by atoms with van der Waals surface area (Å²) in [4.78, 5) is 54.7. The zero-order valence-electron chi connectivity index (χ0n) is 23.8. The van der Waals surface area contributed by atoms with Gasteiger partial charge in [-0.3, -0.25) is 14.5 Å². The van der Waals surface area contributed by atoms with Gasteiger partial charge in [0.25, 0.3) is 0 Å². The highest BCUT2D eigenvalue weighted by molar-refractivity contribution is 5.93. The van der Waals surface area contributed by atoms with E-state index in [-0.39, 0.29) is 17.7 Å². The first kappa shape index (κ1) is 31.1. The lowest BCUT2D eigenvalue weighted by Crippen LogP contribution is -2.62. The van der Waals surface area contributed by atoms with Gasteiger partial charge in [0.15, 0.2) is 0 Å². The molecule has 0 aliphatic carbocycles. The highest BCUT2D eigenvalue weighted by Crippen LogP contribution is 2.31. The monoisotopic (exact) mass is 503 g/mol. The Balaban J connectivity index is 3.44. The van der Waals surface area contributed by atoms with Crippen LogP contribution in [0.25, 0.3) is 0 Å². The van der Waals surface area contributed by atoms with Crippen molar-refractivity contribution in [1.82, 2.24) is 15.1 Å². The van der Waals surface area contributed by atoms with Gasteiger partial charge in [0.05, 0.1) is 6.04 Å². The number of hydrogen-bond donors (Lipinski definition) is 1. The molecule has 1 aromatic rings. The van der Waals surface area contributed by atoms with Crippen molar-refractivity contribution in [2.45, 2.75) is 91.5 Å². The standard InChI is InChI=1S/C28H45N3O5/c1-18(2)21(17-32)30(10)25(34)22(19(3)4)29-24(33)23(31(11)26(35)36-27(5,6)7)28(8,9)20-15-13-12-14-16-20/h12-19,21-23H,1-11H3,(H,29,33)/t21-,22?,23-/m1/s1. The molecule has 0 saturated carbocycles. The number of likely N-dealkylation sites (N-methyl/N-ethyl adjacent to an activating group) is 2. The van der Waals surface area contributed by atoms with Gasteiger partial charge in [0.2, 0.25) is 11.8 Å². The summed E-state index contributed by atoms with van der Waals surface area (Å²) in [6.45, 7) is 16.4. The van der Waals surface area contributed by atoms with E-state index in [2.05, 4.69) is 5.32 Å². The molecule has 1 unspecified atom stereocenters. The van der Waals surface area contributed by atoms with E-state index in [1.807, 2.05) is 71.9 Å². The molecule has 202 valence electrons. The van der Waals surface area contributed by atoms with Crippen molar-refractivity contribution < 1.29 is 23.9 Å². The Labute approximate surface area is 216 Å². The SMILES string of the molecule is CC(C)C(NC(=O)[C@@H](N(C)C(=O)OC(C)(C)C)C(C)(C)c1ccccc1)C(=O)N(C)[C@H](C=O)C(C)C. The third-order valence-corrected chi connectivity index (χ3v) is 6.37. The maximum Gasteiger partial charge on any atom is 0.410 e. The number of carbonyl (C=O) groups excluding carboxylic acids is 4. The second kappa shape index (κ2) is 12.4. The van der Waals surface area contributed by atoms with Gasteiger partial charge in [-0.15, -0.1) is 0 Å². The van der Waals surface area contributed by atoms with Crippen molar-refractivity contribution in [3.63, 3.8) is 0 Å². The van der Waals surface area contributed by atoms with Gasteiger partial charge >= 0.3 is 6.09 Å². The van der Waals surface area contributed by atoms with Crippen molar-refractivity contribution >= 4 is 24.2 Å². The van der Waals surface area contributed by atoms with Crippen LogP contribution < -0.4 is 5.32 Å². The lowest BCUT2D eigenvalue weighted by molar-refractivity contribution is -0.142. The number of rotatable bonds is 10. The Hall–Kier alpha value is -2.90. The van der Waals surface area contributed by atoms with E-state index in [4.69, 9.17) is 4.74 Å². The maximum absolute atomic E-state index is 13.9. The molecule has 1 N–H and O–H groups in total. The van der Waals surface area contributed by atoms with Gasteiger partial charge in [0.1, 0.15) is 24.0 Å². The van der Waals surface area contributed by atoms with Crippen LogP contribution in [0.4, 0.5) is 4.79 Å². The number of aldehydes is 1. The fraction of sp³-hybridized carbons (Fsp3) is 0.643. The molecule has 0 aromatic heterocycles. The molecule has 8 nitrogen and oxygen atoms in total. The summed E-state index contributed by atoms with van der Waals surface area (Å²) in [6, 6.07) is 6.95. The van der Waals surface area contributed by atoms with Crippen molar-refractivity contribution in [2.75, 3.05) is 14.1 Å². The number of ether oxygens (including phenoxy) is 1. The summed E-state index contributed by atoms with van der Waals surface area (Å²) in [7, 11) is 3.10. The first-order valence-electron chi connectivity index (χ1n) is 12.5. The van der Waals surface area contributed by atoms with E-state index in [9.17, 15) is 19.2 Å². The van der Waals surface area contributed by atoms with Gasteiger partial charge in [-0.25, -0.2) is 4.79 Å². The third kappa shape index (κ3) is 7.80. The number of nitrogens with one attached hydrogen (secondary N) is 1. The predicted octanol–water partition coefficient (Wildman–Crippen LogP) is 4.02. The molecule has 0 radical (unpaired) electrons. The highest BCUT2D eigenvalue weighted by Gasteiger charge is 2.44. The first-order chi connectivity index (χ1) is 16.5. The fourth-order valence-corrected chi connectivity index (χ4v) is 4.26. The summed E-state index contributed by atoms with van der Waals surface area (Å²) in [5.74, 6) is -1.18. The van der Waals surface area contributed by atoms with Crippen LogP contribution in [0.3, 0.4) is 0 Å². The van der Waals surface area contributed by atoms with E-state index in [1.54, 1.807) is 27.8 Å². The van der Waals surface area contributed by atoms with Crippen LogP contribution in [0, 0.1) is 11.8 Å². The quantitative estimate of drug-likeness (QED) is 0.487. The van der Waals surface area contributed by atoms with Gasteiger partial charge in [-0.1, -0.05) is 71.9 Å². The van der Waals surface area contributed by atoms with Crippen LogP contribution in [-0.4, -0.2) is 71.8 Å². The van der Waals surface area contributed by atoms with E-state index >= 15 is 0 Å². The number of amides is 3. The second-order valence-electron chi connectivity index (χ2n) is 11.6. The minimum atomic E-state index is -0.985. The first-order valence-corrected chi connectivity index (χ1v) is 12.5. The normalized spacial score (nSPS) is 14.6. The van der Waals surface area contributed by atoms with E-state index in [1.165, 1.54) is 16.8 Å². The summed E-state index contributed by atoms with van der Waals surface area (Å²) in [5.41, 5.74) is -0.717.